The first-order valence-electron chi connectivity index (χ1n) is 8.18. The van der Waals surface area contributed by atoms with Crippen LogP contribution >= 0.6 is 0 Å². The number of aryl methyl sites for hydroxylation is 1. The predicted octanol–water partition coefficient (Wildman–Crippen LogP) is 2.03. The molecule has 0 spiro atoms. The van der Waals surface area contributed by atoms with E-state index in [1.54, 1.807) is 0 Å². The zero-order chi connectivity index (χ0) is 16.7. The molecule has 4 rings (SSSR count). The Kier molecular flexibility index (Phi) is 3.61. The number of aromatic amines is 1. The van der Waals surface area contributed by atoms with Crippen LogP contribution in [0.25, 0.3) is 10.9 Å². The van der Waals surface area contributed by atoms with Crippen molar-refractivity contribution in [2.45, 2.75) is 6.04 Å². The van der Waals surface area contributed by atoms with Gasteiger partial charge < -0.3 is 14.5 Å². The van der Waals surface area contributed by atoms with E-state index in [2.05, 4.69) is 21.9 Å². The monoisotopic (exact) mass is 323 g/mol. The summed E-state index contributed by atoms with van der Waals surface area (Å²) in [4.78, 5) is 24.9. The van der Waals surface area contributed by atoms with E-state index >= 15 is 0 Å². The number of para-hydroxylation sites is 1. The van der Waals surface area contributed by atoms with E-state index in [-0.39, 0.29) is 11.9 Å². The van der Waals surface area contributed by atoms with E-state index < -0.39 is 0 Å². The maximum absolute atomic E-state index is 13.1. The molecule has 1 aliphatic heterocycles. The van der Waals surface area contributed by atoms with Crippen molar-refractivity contribution in [3.8, 4) is 0 Å². The summed E-state index contributed by atoms with van der Waals surface area (Å²) in [6, 6.07) is 7.96. The van der Waals surface area contributed by atoms with Crippen molar-refractivity contribution in [1.29, 1.82) is 0 Å². The fraction of sp³-hybridized carbons (Fsp3) is 0.333. The van der Waals surface area contributed by atoms with Gasteiger partial charge in [-0.25, -0.2) is 4.98 Å². The van der Waals surface area contributed by atoms with Crippen LogP contribution in [0.2, 0.25) is 0 Å². The van der Waals surface area contributed by atoms with Gasteiger partial charge >= 0.3 is 0 Å². The van der Waals surface area contributed by atoms with Crippen LogP contribution in [0.3, 0.4) is 0 Å². The molecule has 6 nitrogen and oxygen atoms in total. The van der Waals surface area contributed by atoms with E-state index in [1.807, 2.05) is 59.4 Å². The molecule has 1 saturated heterocycles. The molecule has 1 atom stereocenters. The topological polar surface area (TPSA) is 57.2 Å². The van der Waals surface area contributed by atoms with Crippen molar-refractivity contribution in [1.82, 2.24) is 24.3 Å². The van der Waals surface area contributed by atoms with E-state index in [0.717, 1.165) is 35.4 Å². The van der Waals surface area contributed by atoms with Gasteiger partial charge in [-0.1, -0.05) is 12.1 Å². The lowest BCUT2D eigenvalue weighted by atomic mass is 10.1. The fourth-order valence-electron chi connectivity index (χ4n) is 3.47. The van der Waals surface area contributed by atoms with Crippen molar-refractivity contribution < 1.29 is 4.79 Å². The van der Waals surface area contributed by atoms with Gasteiger partial charge in [-0.15, -0.1) is 0 Å². The highest BCUT2D eigenvalue weighted by Gasteiger charge is 2.31. The van der Waals surface area contributed by atoms with Gasteiger partial charge in [-0.05, 0) is 19.2 Å². The van der Waals surface area contributed by atoms with E-state index in [9.17, 15) is 4.79 Å². The maximum atomic E-state index is 13.1. The molecule has 6 heteroatoms. The van der Waals surface area contributed by atoms with Crippen LogP contribution in [0.4, 0.5) is 0 Å². The van der Waals surface area contributed by atoms with Gasteiger partial charge in [0.25, 0.3) is 5.91 Å². The normalized spacial score (nSPS) is 19.1. The second kappa shape index (κ2) is 5.79. The summed E-state index contributed by atoms with van der Waals surface area (Å²) in [6.07, 6.45) is 5.63. The predicted molar refractivity (Wildman–Crippen MR) is 92.8 cm³/mol. The number of rotatable bonds is 2. The van der Waals surface area contributed by atoms with Crippen LogP contribution in [0.15, 0.2) is 42.9 Å². The number of hydrogen-bond donors (Lipinski definition) is 1. The van der Waals surface area contributed by atoms with Crippen LogP contribution in [0.5, 0.6) is 0 Å². The molecule has 1 amide bonds. The average Bonchev–Trinajstić information content (AvgIpc) is 3.23. The van der Waals surface area contributed by atoms with Crippen molar-refractivity contribution >= 4 is 16.8 Å². The first-order valence-corrected chi connectivity index (χ1v) is 8.18. The number of carbonyl (C=O) groups excluding carboxylic acids is 1. The Morgan fingerprint density at radius 1 is 1.25 bits per heavy atom. The Hall–Kier alpha value is -2.60. The Balaban J connectivity index is 1.63. The number of imidazole rings is 1. The molecule has 2 aromatic heterocycles. The van der Waals surface area contributed by atoms with Gasteiger partial charge in [0.05, 0.1) is 17.1 Å². The van der Waals surface area contributed by atoms with E-state index in [0.29, 0.717) is 6.54 Å². The van der Waals surface area contributed by atoms with Crippen molar-refractivity contribution in [3.63, 3.8) is 0 Å². The quantitative estimate of drug-likeness (QED) is 0.785. The molecular weight excluding hydrogens is 302 g/mol. The largest absolute Gasteiger partial charge is 0.361 e. The molecule has 0 bridgehead atoms. The molecule has 24 heavy (non-hydrogen) atoms. The van der Waals surface area contributed by atoms with Crippen LogP contribution < -0.4 is 0 Å². The molecule has 3 heterocycles. The summed E-state index contributed by atoms with van der Waals surface area (Å²) in [5.74, 6) is 1.07. The first-order chi connectivity index (χ1) is 11.6. The Morgan fingerprint density at radius 2 is 2.12 bits per heavy atom. The summed E-state index contributed by atoms with van der Waals surface area (Å²) in [7, 11) is 4.09. The minimum absolute atomic E-state index is 0.0790. The van der Waals surface area contributed by atoms with Gasteiger partial charge in [0.1, 0.15) is 5.82 Å². The number of benzene rings is 1. The zero-order valence-electron chi connectivity index (χ0n) is 13.9. The number of likely N-dealkylation sites (N-methyl/N-ethyl adjacent to an activating group) is 1. The first kappa shape index (κ1) is 15.0. The van der Waals surface area contributed by atoms with Crippen molar-refractivity contribution in [2.24, 2.45) is 7.05 Å². The lowest BCUT2D eigenvalue weighted by Crippen LogP contribution is -2.49. The molecular formula is C18H21N5O. The highest BCUT2D eigenvalue weighted by atomic mass is 16.2. The third-order valence-electron chi connectivity index (χ3n) is 4.91. The summed E-state index contributed by atoms with van der Waals surface area (Å²) in [5.41, 5.74) is 1.65. The Bertz CT molecular complexity index is 880. The molecule has 1 aromatic carbocycles. The molecule has 3 aromatic rings. The Labute approximate surface area is 140 Å². The molecule has 0 unspecified atom stereocenters. The molecule has 1 fully saturated rings. The number of piperazine rings is 1. The second-order valence-electron chi connectivity index (χ2n) is 6.39. The fourth-order valence-corrected chi connectivity index (χ4v) is 3.47. The Morgan fingerprint density at radius 3 is 2.92 bits per heavy atom. The molecule has 124 valence electrons. The lowest BCUT2D eigenvalue weighted by Gasteiger charge is -2.39. The van der Waals surface area contributed by atoms with Crippen LogP contribution in [0.1, 0.15) is 22.2 Å². The number of H-pyrrole nitrogens is 1. The number of fused-ring (bicyclic) bond motifs is 1. The third-order valence-corrected chi connectivity index (χ3v) is 4.91. The maximum Gasteiger partial charge on any atom is 0.256 e. The van der Waals surface area contributed by atoms with Gasteiger partial charge in [0.2, 0.25) is 0 Å². The highest BCUT2D eigenvalue weighted by Crippen LogP contribution is 2.25. The number of hydrogen-bond acceptors (Lipinski definition) is 3. The van der Waals surface area contributed by atoms with Gasteiger partial charge in [0.15, 0.2) is 0 Å². The van der Waals surface area contributed by atoms with Crippen LogP contribution in [-0.4, -0.2) is 56.9 Å². The number of nitrogens with zero attached hydrogens (tertiary/aromatic N) is 4. The van der Waals surface area contributed by atoms with Crippen LogP contribution in [-0.2, 0) is 7.05 Å². The number of aromatic nitrogens is 3. The number of amides is 1. The summed E-state index contributed by atoms with van der Waals surface area (Å²) in [6.45, 7) is 2.22. The van der Waals surface area contributed by atoms with Crippen molar-refractivity contribution in [3.05, 3.63) is 54.2 Å². The molecule has 0 saturated carbocycles. The van der Waals surface area contributed by atoms with Gasteiger partial charge in [-0.3, -0.25) is 9.69 Å². The van der Waals surface area contributed by atoms with E-state index in [1.165, 1.54) is 0 Å². The smallest absolute Gasteiger partial charge is 0.256 e. The van der Waals surface area contributed by atoms with E-state index in [4.69, 9.17) is 0 Å². The lowest BCUT2D eigenvalue weighted by molar-refractivity contribution is 0.0530. The second-order valence-corrected chi connectivity index (χ2v) is 6.39. The molecule has 1 aliphatic rings. The zero-order valence-corrected chi connectivity index (χ0v) is 13.9. The standard InChI is InChI=1S/C18H21N5O/c1-21-10-11-23(12-15(21)17-20-8-9-22(17)2)18(24)14-5-3-4-13-6-7-19-16(13)14/h3-9,15,19H,10-12H2,1-2H3/t15-/m1/s1. The highest BCUT2D eigenvalue weighted by molar-refractivity contribution is 6.05. The minimum atomic E-state index is 0.0790. The van der Waals surface area contributed by atoms with Crippen molar-refractivity contribution in [2.75, 3.05) is 26.7 Å². The minimum Gasteiger partial charge on any atom is -0.361 e. The SMILES string of the molecule is CN1CCN(C(=O)c2cccc3cc[nH]c23)C[C@@H]1c1nccn1C. The summed E-state index contributed by atoms with van der Waals surface area (Å²) < 4.78 is 2.03. The number of carbonyl (C=O) groups is 1. The van der Waals surface area contributed by atoms with Gasteiger partial charge in [0, 0.05) is 50.7 Å². The van der Waals surface area contributed by atoms with Crippen LogP contribution in [0, 0.1) is 0 Å². The number of nitrogens with one attached hydrogen (secondary N) is 1. The third kappa shape index (κ3) is 2.39. The van der Waals surface area contributed by atoms with Gasteiger partial charge in [-0.2, -0.15) is 0 Å². The summed E-state index contributed by atoms with van der Waals surface area (Å²) in [5, 5.41) is 1.07. The molecule has 1 N–H and O–H groups in total. The molecule has 0 aliphatic carbocycles. The average molecular weight is 323 g/mol. The molecule has 0 radical (unpaired) electrons. The summed E-state index contributed by atoms with van der Waals surface area (Å²) >= 11 is 0.